The van der Waals surface area contributed by atoms with Gasteiger partial charge in [-0.15, -0.1) is 0 Å². The Labute approximate surface area is 197 Å². The number of Topliss-reactive ketones (excluding diaryl/α,β-unsaturated/α-hetero) is 1. The maximum atomic E-state index is 13.3. The van der Waals surface area contributed by atoms with Crippen LogP contribution in [0.3, 0.4) is 0 Å². The number of halogens is 3. The highest BCUT2D eigenvalue weighted by Crippen LogP contribution is 2.44. The molecule has 0 saturated heterocycles. The molecule has 0 saturated carbocycles. The van der Waals surface area contributed by atoms with E-state index in [9.17, 15) is 14.7 Å². The van der Waals surface area contributed by atoms with Gasteiger partial charge in [0.05, 0.1) is 18.7 Å². The Hall–Kier alpha value is -1.93. The highest BCUT2D eigenvalue weighted by molar-refractivity contribution is 14.1. The number of hydrogen-bond donors (Lipinski definition) is 1. The number of carbonyl (C=O) groups is 2. The lowest BCUT2D eigenvalue weighted by Gasteiger charge is -2.23. The molecule has 152 valence electrons. The van der Waals surface area contributed by atoms with Crippen molar-refractivity contribution < 1.29 is 14.7 Å². The molecule has 3 aromatic rings. The number of fused-ring (bicyclic) bond motifs is 1. The first-order valence-corrected chi connectivity index (χ1v) is 11.0. The molecule has 0 spiro atoms. The van der Waals surface area contributed by atoms with E-state index in [-0.39, 0.29) is 18.7 Å². The summed E-state index contributed by atoms with van der Waals surface area (Å²) in [7, 11) is 0. The molecule has 1 aliphatic heterocycles. The zero-order valence-corrected chi connectivity index (χ0v) is 19.3. The lowest BCUT2D eigenvalue weighted by atomic mass is 9.88. The average Bonchev–Trinajstić information content (AvgIpc) is 2.91. The summed E-state index contributed by atoms with van der Waals surface area (Å²) < 4.78 is 0.992. The first-order chi connectivity index (χ1) is 14.3. The second kappa shape index (κ2) is 8.30. The lowest BCUT2D eigenvalue weighted by molar-refractivity contribution is -0.136. The molecule has 0 radical (unpaired) electrons. The van der Waals surface area contributed by atoms with Gasteiger partial charge in [-0.05, 0) is 70.6 Å². The number of ketones is 1. The van der Waals surface area contributed by atoms with Crippen LogP contribution in [0.4, 0.5) is 5.69 Å². The van der Waals surface area contributed by atoms with Crippen molar-refractivity contribution in [3.63, 3.8) is 0 Å². The van der Waals surface area contributed by atoms with Gasteiger partial charge in [-0.25, -0.2) is 0 Å². The van der Waals surface area contributed by atoms with Crippen LogP contribution in [0.1, 0.15) is 27.9 Å². The second-order valence-corrected chi connectivity index (χ2v) is 9.26. The number of benzene rings is 3. The molecule has 4 rings (SSSR count). The van der Waals surface area contributed by atoms with Crippen molar-refractivity contribution in [2.75, 3.05) is 4.90 Å². The lowest BCUT2D eigenvalue weighted by Crippen LogP contribution is -2.41. The summed E-state index contributed by atoms with van der Waals surface area (Å²) >= 11 is 14.3. The minimum Gasteiger partial charge on any atom is -0.375 e. The normalized spacial score (nSPS) is 17.9. The number of aliphatic hydroxyl groups is 1. The minimum atomic E-state index is -1.98. The van der Waals surface area contributed by atoms with Crippen LogP contribution in [0.2, 0.25) is 10.0 Å². The number of anilines is 1. The van der Waals surface area contributed by atoms with Crippen LogP contribution >= 0.6 is 45.8 Å². The third kappa shape index (κ3) is 3.99. The van der Waals surface area contributed by atoms with Gasteiger partial charge in [0.2, 0.25) is 0 Å². The van der Waals surface area contributed by atoms with E-state index in [1.165, 1.54) is 4.90 Å². The third-order valence-corrected chi connectivity index (χ3v) is 6.34. The summed E-state index contributed by atoms with van der Waals surface area (Å²) in [6.07, 6.45) is -0.364. The van der Waals surface area contributed by atoms with Crippen LogP contribution in [0.5, 0.6) is 0 Å². The maximum absolute atomic E-state index is 13.3. The molecule has 4 nitrogen and oxygen atoms in total. The van der Waals surface area contributed by atoms with Crippen LogP contribution in [-0.4, -0.2) is 16.8 Å². The van der Waals surface area contributed by atoms with E-state index in [1.54, 1.807) is 42.5 Å². The minimum absolute atomic E-state index is 0.241. The Bertz CT molecular complexity index is 1130. The maximum Gasteiger partial charge on any atom is 0.264 e. The summed E-state index contributed by atoms with van der Waals surface area (Å²) in [5.41, 5.74) is 0.190. The van der Waals surface area contributed by atoms with E-state index in [4.69, 9.17) is 23.2 Å². The van der Waals surface area contributed by atoms with Gasteiger partial charge in [0.25, 0.3) is 5.91 Å². The summed E-state index contributed by atoms with van der Waals surface area (Å²) in [6.45, 7) is 0.241. The van der Waals surface area contributed by atoms with Crippen molar-refractivity contribution in [3.05, 3.63) is 97.0 Å². The molecule has 0 fully saturated rings. The number of carbonyl (C=O) groups excluding carboxylic acids is 2. The molecule has 1 N–H and O–H groups in total. The fourth-order valence-corrected chi connectivity index (χ4v) is 4.25. The molecule has 3 aromatic carbocycles. The van der Waals surface area contributed by atoms with E-state index in [2.05, 4.69) is 22.6 Å². The van der Waals surface area contributed by atoms with Crippen molar-refractivity contribution >= 4 is 63.2 Å². The predicted octanol–water partition coefficient (Wildman–Crippen LogP) is 5.61. The van der Waals surface area contributed by atoms with Crippen LogP contribution in [-0.2, 0) is 16.9 Å². The Morgan fingerprint density at radius 1 is 0.967 bits per heavy atom. The molecule has 1 aliphatic rings. The Balaban J connectivity index is 1.70. The predicted molar refractivity (Wildman–Crippen MR) is 126 cm³/mol. The quantitative estimate of drug-likeness (QED) is 0.331. The number of rotatable bonds is 5. The summed E-state index contributed by atoms with van der Waals surface area (Å²) in [6, 6.07) is 19.0. The zero-order chi connectivity index (χ0) is 21.5. The molecule has 1 heterocycles. The number of nitrogens with zero attached hydrogens (tertiary/aromatic N) is 1. The van der Waals surface area contributed by atoms with Crippen molar-refractivity contribution in [2.45, 2.75) is 18.6 Å². The summed E-state index contributed by atoms with van der Waals surface area (Å²) in [5.74, 6) is -0.866. The van der Waals surface area contributed by atoms with Crippen molar-refractivity contribution in [1.82, 2.24) is 0 Å². The van der Waals surface area contributed by atoms with Gasteiger partial charge in [0.1, 0.15) is 0 Å². The topological polar surface area (TPSA) is 57.6 Å². The fraction of sp³-hybridized carbons (Fsp3) is 0.130. The third-order valence-electron chi connectivity index (χ3n) is 5.13. The molecule has 30 heavy (non-hydrogen) atoms. The van der Waals surface area contributed by atoms with Crippen LogP contribution in [0.15, 0.2) is 66.7 Å². The first kappa shape index (κ1) is 21.3. The molecule has 0 aromatic heterocycles. The van der Waals surface area contributed by atoms with Gasteiger partial charge in [0.15, 0.2) is 11.4 Å². The highest BCUT2D eigenvalue weighted by Gasteiger charge is 2.51. The van der Waals surface area contributed by atoms with Gasteiger partial charge in [0, 0.05) is 24.7 Å². The standard InChI is InChI=1S/C23H16Cl2INO3/c24-16-5-1-14(2-6-16)13-27-20-10-7-17(25)11-19(20)23(30,22(27)29)12-21(28)15-3-8-18(26)9-4-15/h1-11,30H,12-13H2. The van der Waals surface area contributed by atoms with Crippen LogP contribution in [0, 0.1) is 3.57 Å². The zero-order valence-electron chi connectivity index (χ0n) is 15.6. The number of hydrogen-bond acceptors (Lipinski definition) is 3. The number of amides is 1. The molecule has 1 atom stereocenters. The van der Waals surface area contributed by atoms with Crippen molar-refractivity contribution in [1.29, 1.82) is 0 Å². The van der Waals surface area contributed by atoms with Crippen LogP contribution < -0.4 is 4.90 Å². The SMILES string of the molecule is O=C(CC1(O)C(=O)N(Cc2ccc(Cl)cc2)c2ccc(Cl)cc21)c1ccc(I)cc1. The Morgan fingerprint density at radius 3 is 2.27 bits per heavy atom. The van der Waals surface area contributed by atoms with E-state index in [0.717, 1.165) is 9.13 Å². The van der Waals surface area contributed by atoms with E-state index in [1.807, 2.05) is 24.3 Å². The average molecular weight is 552 g/mol. The highest BCUT2D eigenvalue weighted by atomic mass is 127. The molecular formula is C23H16Cl2INO3. The largest absolute Gasteiger partial charge is 0.375 e. The summed E-state index contributed by atoms with van der Waals surface area (Å²) in [5, 5.41) is 12.4. The Kier molecular flexibility index (Phi) is 5.90. The summed E-state index contributed by atoms with van der Waals surface area (Å²) in [4.78, 5) is 27.7. The smallest absolute Gasteiger partial charge is 0.264 e. The van der Waals surface area contributed by atoms with Crippen LogP contribution in [0.25, 0.3) is 0 Å². The van der Waals surface area contributed by atoms with E-state index < -0.39 is 11.5 Å². The first-order valence-electron chi connectivity index (χ1n) is 9.15. The van der Waals surface area contributed by atoms with Gasteiger partial charge in [-0.2, -0.15) is 0 Å². The van der Waals surface area contributed by atoms with E-state index >= 15 is 0 Å². The fourth-order valence-electron chi connectivity index (χ4n) is 3.59. The van der Waals surface area contributed by atoms with E-state index in [0.29, 0.717) is 26.9 Å². The molecule has 0 bridgehead atoms. The molecule has 7 heteroatoms. The van der Waals surface area contributed by atoms with Gasteiger partial charge >= 0.3 is 0 Å². The van der Waals surface area contributed by atoms with Crippen molar-refractivity contribution in [2.24, 2.45) is 0 Å². The Morgan fingerprint density at radius 2 is 1.60 bits per heavy atom. The molecular weight excluding hydrogens is 536 g/mol. The van der Waals surface area contributed by atoms with Gasteiger partial charge < -0.3 is 10.0 Å². The molecule has 1 unspecified atom stereocenters. The van der Waals surface area contributed by atoms with Gasteiger partial charge in [-0.1, -0.05) is 47.5 Å². The molecule has 0 aliphatic carbocycles. The second-order valence-electron chi connectivity index (χ2n) is 7.15. The molecule has 1 amide bonds. The monoisotopic (exact) mass is 551 g/mol. The van der Waals surface area contributed by atoms with Crippen molar-refractivity contribution in [3.8, 4) is 0 Å². The van der Waals surface area contributed by atoms with Gasteiger partial charge in [-0.3, -0.25) is 9.59 Å².